The zero-order valence-corrected chi connectivity index (χ0v) is 29.8. The summed E-state index contributed by atoms with van der Waals surface area (Å²) in [6.07, 6.45) is 0. The molecule has 9 aromatic carbocycles. The molecule has 11 rings (SSSR count). The van der Waals surface area contributed by atoms with E-state index in [1.54, 1.807) is 11.3 Å². The highest BCUT2D eigenvalue weighted by atomic mass is 32.1. The first-order chi connectivity index (χ1) is 25.8. The van der Waals surface area contributed by atoms with Gasteiger partial charge in [-0.05, 0) is 123 Å². The maximum Gasteiger partial charge on any atom is 0.0361 e. The van der Waals surface area contributed by atoms with Gasteiger partial charge in [0.15, 0.2) is 0 Å². The van der Waals surface area contributed by atoms with Crippen molar-refractivity contribution in [1.29, 1.82) is 0 Å². The van der Waals surface area contributed by atoms with Crippen LogP contribution in [0, 0.1) is 0 Å². The number of thiophene rings is 2. The highest BCUT2D eigenvalue weighted by Crippen LogP contribution is 2.48. The number of benzene rings is 9. The van der Waals surface area contributed by atoms with Crippen molar-refractivity contribution in [3.63, 3.8) is 0 Å². The van der Waals surface area contributed by atoms with Crippen molar-refractivity contribution in [2.24, 2.45) is 0 Å². The Balaban J connectivity index is 1.13. The summed E-state index contributed by atoms with van der Waals surface area (Å²) in [6, 6.07) is 63.0. The van der Waals surface area contributed by atoms with E-state index in [4.69, 9.17) is 0 Å². The van der Waals surface area contributed by atoms with E-state index >= 15 is 0 Å². The highest BCUT2D eigenvalue weighted by molar-refractivity contribution is 7.25. The van der Waals surface area contributed by atoms with Crippen molar-refractivity contribution in [2.45, 2.75) is 0 Å². The van der Waals surface area contributed by atoms with Gasteiger partial charge in [0.25, 0.3) is 0 Å². The third kappa shape index (κ3) is 4.45. The lowest BCUT2D eigenvalue weighted by molar-refractivity contribution is 1.66. The van der Waals surface area contributed by atoms with Gasteiger partial charge in [0.05, 0.1) is 0 Å². The number of hydrogen-bond donors (Lipinski definition) is 0. The predicted molar refractivity (Wildman–Crippen MR) is 229 cm³/mol. The summed E-state index contributed by atoms with van der Waals surface area (Å²) in [5, 5.41) is 17.4. The lowest BCUT2D eigenvalue weighted by Crippen LogP contribution is -1.90. The van der Waals surface area contributed by atoms with Crippen LogP contribution in [0.1, 0.15) is 0 Å². The molecular weight excluding hydrogens is 665 g/mol. The minimum absolute atomic E-state index is 1.25. The molecule has 0 saturated carbocycles. The standard InChI is InChI=1S/C50H30S2/c1-2-12-31(13-3-1)47-36-14-4-6-16-38(36)48(39-17-7-5-15-37(39)47)32-23-25-45-44(28-32)35-24-22-33(29-46(35)52-45)49-40-18-8-10-20-42(40)50(34-26-27-51-30-34)43-21-11-9-19-41(43)49/h1-30H. The SMILES string of the molecule is c1ccc(-c2c3ccccc3c(-c3ccc4sc5cc(-c6c7ccccc7c(-c7ccsc7)c7ccccc67)ccc5c4c3)c3ccccc23)cc1. The van der Waals surface area contributed by atoms with E-state index < -0.39 is 0 Å². The minimum Gasteiger partial charge on any atom is -0.152 e. The highest BCUT2D eigenvalue weighted by Gasteiger charge is 2.19. The molecule has 0 fully saturated rings. The topological polar surface area (TPSA) is 0 Å². The van der Waals surface area contributed by atoms with Crippen molar-refractivity contribution in [3.05, 3.63) is 181 Å². The van der Waals surface area contributed by atoms with Crippen LogP contribution < -0.4 is 0 Å². The second-order valence-corrected chi connectivity index (χ2v) is 15.4. The van der Waals surface area contributed by atoms with E-state index in [-0.39, 0.29) is 0 Å². The van der Waals surface area contributed by atoms with E-state index in [2.05, 4.69) is 181 Å². The molecule has 0 unspecified atom stereocenters. The molecule has 52 heavy (non-hydrogen) atoms. The molecule has 0 saturated heterocycles. The first-order valence-electron chi connectivity index (χ1n) is 17.7. The maximum absolute atomic E-state index is 2.44. The number of hydrogen-bond acceptors (Lipinski definition) is 2. The number of rotatable bonds is 4. The Morgan fingerprint density at radius 3 is 1.21 bits per heavy atom. The van der Waals surface area contributed by atoms with E-state index in [0.29, 0.717) is 0 Å². The van der Waals surface area contributed by atoms with Gasteiger partial charge in [0, 0.05) is 20.2 Å². The Kier molecular flexibility index (Phi) is 6.70. The zero-order valence-electron chi connectivity index (χ0n) is 28.1. The van der Waals surface area contributed by atoms with Crippen LogP contribution >= 0.6 is 22.7 Å². The monoisotopic (exact) mass is 694 g/mol. The van der Waals surface area contributed by atoms with E-state index in [9.17, 15) is 0 Å². The van der Waals surface area contributed by atoms with Gasteiger partial charge in [0.2, 0.25) is 0 Å². The third-order valence-electron chi connectivity index (χ3n) is 10.8. The molecule has 242 valence electrons. The Morgan fingerprint density at radius 1 is 0.269 bits per heavy atom. The van der Waals surface area contributed by atoms with Crippen molar-refractivity contribution >= 4 is 85.9 Å². The van der Waals surface area contributed by atoms with Crippen LogP contribution in [0.5, 0.6) is 0 Å². The Hall–Kier alpha value is -6.06. The molecule has 0 N–H and O–H groups in total. The molecule has 2 aromatic heterocycles. The molecule has 0 aliphatic heterocycles. The van der Waals surface area contributed by atoms with Gasteiger partial charge in [0.1, 0.15) is 0 Å². The lowest BCUT2D eigenvalue weighted by atomic mass is 9.85. The molecule has 2 heterocycles. The summed E-state index contributed by atoms with van der Waals surface area (Å²) in [4.78, 5) is 0. The molecule has 0 nitrogen and oxygen atoms in total. The zero-order chi connectivity index (χ0) is 34.2. The first kappa shape index (κ1) is 29.6. The van der Waals surface area contributed by atoms with Crippen molar-refractivity contribution in [3.8, 4) is 44.5 Å². The smallest absolute Gasteiger partial charge is 0.0361 e. The summed E-state index contributed by atoms with van der Waals surface area (Å²) in [5.41, 5.74) is 10.3. The van der Waals surface area contributed by atoms with E-state index in [0.717, 1.165) is 0 Å². The van der Waals surface area contributed by atoms with E-state index in [1.165, 1.54) is 108 Å². The summed E-state index contributed by atoms with van der Waals surface area (Å²) in [7, 11) is 0. The molecule has 0 aliphatic rings. The lowest BCUT2D eigenvalue weighted by Gasteiger charge is -2.17. The predicted octanol–water partition coefficient (Wildman–Crippen LogP) is 15.4. The van der Waals surface area contributed by atoms with Gasteiger partial charge in [-0.3, -0.25) is 0 Å². The second-order valence-electron chi connectivity index (χ2n) is 13.6. The van der Waals surface area contributed by atoms with Crippen LogP contribution in [-0.4, -0.2) is 0 Å². The van der Waals surface area contributed by atoms with Crippen LogP contribution in [0.2, 0.25) is 0 Å². The summed E-state index contributed by atoms with van der Waals surface area (Å²) in [6.45, 7) is 0. The normalized spacial score (nSPS) is 11.8. The third-order valence-corrected chi connectivity index (χ3v) is 12.6. The van der Waals surface area contributed by atoms with Gasteiger partial charge in [-0.1, -0.05) is 146 Å². The molecule has 11 aromatic rings. The Bertz CT molecular complexity index is 3050. The summed E-state index contributed by atoms with van der Waals surface area (Å²) < 4.78 is 2.63. The van der Waals surface area contributed by atoms with Gasteiger partial charge in [-0.2, -0.15) is 11.3 Å². The van der Waals surface area contributed by atoms with Crippen LogP contribution in [0.3, 0.4) is 0 Å². The molecule has 0 bridgehead atoms. The van der Waals surface area contributed by atoms with Crippen LogP contribution in [0.15, 0.2) is 181 Å². The second kappa shape index (κ2) is 11.7. The fourth-order valence-corrected chi connectivity index (χ4v) is 10.4. The molecular formula is C50H30S2. The fraction of sp³-hybridized carbons (Fsp3) is 0. The van der Waals surface area contributed by atoms with Gasteiger partial charge in [-0.25, -0.2) is 0 Å². The summed E-state index contributed by atoms with van der Waals surface area (Å²) in [5.74, 6) is 0. The fourth-order valence-electron chi connectivity index (χ4n) is 8.60. The largest absolute Gasteiger partial charge is 0.152 e. The number of fused-ring (bicyclic) bond motifs is 7. The average molecular weight is 695 g/mol. The molecule has 0 spiro atoms. The first-order valence-corrected chi connectivity index (χ1v) is 19.5. The van der Waals surface area contributed by atoms with Gasteiger partial charge >= 0.3 is 0 Å². The van der Waals surface area contributed by atoms with Crippen LogP contribution in [0.25, 0.3) is 108 Å². The molecule has 0 atom stereocenters. The molecule has 0 aliphatic carbocycles. The quantitative estimate of drug-likeness (QED) is 0.161. The van der Waals surface area contributed by atoms with Crippen molar-refractivity contribution in [2.75, 3.05) is 0 Å². The molecule has 0 radical (unpaired) electrons. The maximum atomic E-state index is 2.44. The average Bonchev–Trinajstić information content (AvgIpc) is 3.87. The van der Waals surface area contributed by atoms with Crippen LogP contribution in [0.4, 0.5) is 0 Å². The Morgan fingerprint density at radius 2 is 0.712 bits per heavy atom. The Labute approximate surface area is 309 Å². The minimum atomic E-state index is 1.25. The summed E-state index contributed by atoms with van der Waals surface area (Å²) >= 11 is 3.65. The van der Waals surface area contributed by atoms with E-state index in [1.807, 2.05) is 11.3 Å². The van der Waals surface area contributed by atoms with Crippen LogP contribution in [-0.2, 0) is 0 Å². The van der Waals surface area contributed by atoms with Gasteiger partial charge < -0.3 is 0 Å². The molecule has 2 heteroatoms. The van der Waals surface area contributed by atoms with Crippen molar-refractivity contribution in [1.82, 2.24) is 0 Å². The molecule has 0 amide bonds. The van der Waals surface area contributed by atoms with Crippen molar-refractivity contribution < 1.29 is 0 Å². The van der Waals surface area contributed by atoms with Gasteiger partial charge in [-0.15, -0.1) is 11.3 Å².